The second kappa shape index (κ2) is 6.68. The first-order chi connectivity index (χ1) is 9.10. The molecule has 2 rings (SSSR count). The van der Waals surface area contributed by atoms with Gasteiger partial charge < -0.3 is 10.4 Å². The van der Waals surface area contributed by atoms with Crippen LogP contribution >= 0.6 is 0 Å². The number of hydrogen-bond acceptors (Lipinski definition) is 4. The summed E-state index contributed by atoms with van der Waals surface area (Å²) in [5.41, 5.74) is 0. The van der Waals surface area contributed by atoms with Crippen molar-refractivity contribution in [3.8, 4) is 0 Å². The minimum absolute atomic E-state index is 0.0288. The third kappa shape index (κ3) is 4.44. The molecule has 5 nitrogen and oxygen atoms in total. The van der Waals surface area contributed by atoms with Crippen molar-refractivity contribution in [2.45, 2.75) is 51.3 Å². The highest BCUT2D eigenvalue weighted by molar-refractivity contribution is 5.81. The van der Waals surface area contributed by atoms with Crippen molar-refractivity contribution in [2.24, 2.45) is 0 Å². The molecular formula is C14H27N3O2. The summed E-state index contributed by atoms with van der Waals surface area (Å²) in [5, 5.41) is 12.7. The summed E-state index contributed by atoms with van der Waals surface area (Å²) in [4.78, 5) is 16.5. The van der Waals surface area contributed by atoms with Gasteiger partial charge in [0.15, 0.2) is 0 Å². The van der Waals surface area contributed by atoms with Gasteiger partial charge in [-0.2, -0.15) is 0 Å². The van der Waals surface area contributed by atoms with E-state index in [-0.39, 0.29) is 18.1 Å². The molecule has 2 N–H and O–H groups in total. The van der Waals surface area contributed by atoms with E-state index in [9.17, 15) is 9.90 Å². The zero-order chi connectivity index (χ0) is 13.8. The minimum Gasteiger partial charge on any atom is -0.392 e. The molecule has 1 heterocycles. The van der Waals surface area contributed by atoms with Crippen LogP contribution in [0.1, 0.15) is 33.1 Å². The Bertz CT molecular complexity index is 299. The van der Waals surface area contributed by atoms with Crippen molar-refractivity contribution in [2.75, 3.05) is 32.7 Å². The zero-order valence-corrected chi connectivity index (χ0v) is 12.1. The van der Waals surface area contributed by atoms with Crippen LogP contribution in [0.25, 0.3) is 0 Å². The zero-order valence-electron chi connectivity index (χ0n) is 12.1. The highest BCUT2D eigenvalue weighted by atomic mass is 16.3. The lowest BCUT2D eigenvalue weighted by molar-refractivity contribution is -0.126. The van der Waals surface area contributed by atoms with Crippen molar-refractivity contribution in [1.82, 2.24) is 15.1 Å². The quantitative estimate of drug-likeness (QED) is 0.715. The van der Waals surface area contributed by atoms with Gasteiger partial charge in [-0.3, -0.25) is 14.6 Å². The van der Waals surface area contributed by atoms with Gasteiger partial charge in [-0.25, -0.2) is 0 Å². The van der Waals surface area contributed by atoms with E-state index in [0.717, 1.165) is 52.0 Å². The number of β-amino-alcohol motifs (C(OH)–C–C–N with tert-alkyl or cyclic N) is 1. The summed E-state index contributed by atoms with van der Waals surface area (Å²) < 4.78 is 0. The smallest absolute Gasteiger partial charge is 0.237 e. The Kier molecular flexibility index (Phi) is 5.19. The number of aliphatic hydroxyl groups is 1. The Hall–Kier alpha value is -0.650. The van der Waals surface area contributed by atoms with Crippen molar-refractivity contribution < 1.29 is 9.90 Å². The number of hydrogen-bond donors (Lipinski definition) is 2. The Morgan fingerprint density at radius 3 is 2.47 bits per heavy atom. The Labute approximate surface area is 115 Å². The number of carbonyl (C=O) groups is 1. The molecule has 0 aromatic carbocycles. The monoisotopic (exact) mass is 269 g/mol. The largest absolute Gasteiger partial charge is 0.392 e. The van der Waals surface area contributed by atoms with Crippen LogP contribution < -0.4 is 5.32 Å². The Morgan fingerprint density at radius 1 is 1.32 bits per heavy atom. The van der Waals surface area contributed by atoms with E-state index in [1.54, 1.807) is 0 Å². The summed E-state index contributed by atoms with van der Waals surface area (Å²) >= 11 is 0. The standard InChI is InChI=1S/C14H27N3O2/c1-3-13(18)10-16-6-8-17(9-7-16)11(2)14(19)15-12-4-5-12/h11-13,18H,3-10H2,1-2H3,(H,15,19). The summed E-state index contributed by atoms with van der Waals surface area (Å²) in [7, 11) is 0. The van der Waals surface area contributed by atoms with Crippen molar-refractivity contribution >= 4 is 5.91 Å². The predicted octanol–water partition coefficient (Wildman–Crippen LogP) is 0.0420. The number of piperazine rings is 1. The van der Waals surface area contributed by atoms with Crippen molar-refractivity contribution in [1.29, 1.82) is 0 Å². The molecule has 1 aliphatic heterocycles. The number of carbonyl (C=O) groups excluding carboxylic acids is 1. The number of aliphatic hydroxyl groups excluding tert-OH is 1. The van der Waals surface area contributed by atoms with E-state index in [0.29, 0.717) is 6.04 Å². The van der Waals surface area contributed by atoms with Crippen molar-refractivity contribution in [3.63, 3.8) is 0 Å². The molecule has 2 fully saturated rings. The maximum atomic E-state index is 12.0. The average molecular weight is 269 g/mol. The van der Waals surface area contributed by atoms with Crippen LogP contribution in [0, 0.1) is 0 Å². The molecule has 2 unspecified atom stereocenters. The van der Waals surface area contributed by atoms with Gasteiger partial charge in [0.05, 0.1) is 12.1 Å². The summed E-state index contributed by atoms with van der Waals surface area (Å²) in [6.07, 6.45) is 2.87. The van der Waals surface area contributed by atoms with Gasteiger partial charge >= 0.3 is 0 Å². The lowest BCUT2D eigenvalue weighted by atomic mass is 10.2. The molecule has 1 amide bonds. The molecule has 1 saturated carbocycles. The number of rotatable bonds is 6. The Balaban J connectivity index is 1.70. The molecule has 5 heteroatoms. The number of nitrogens with zero attached hydrogens (tertiary/aromatic N) is 2. The second-order valence-electron chi connectivity index (χ2n) is 5.86. The lowest BCUT2D eigenvalue weighted by Gasteiger charge is -2.38. The maximum Gasteiger partial charge on any atom is 0.237 e. The molecule has 1 saturated heterocycles. The molecule has 1 aliphatic carbocycles. The fraction of sp³-hybridized carbons (Fsp3) is 0.929. The summed E-state index contributed by atoms with van der Waals surface area (Å²) in [6.45, 7) is 8.47. The molecule has 19 heavy (non-hydrogen) atoms. The van der Waals surface area contributed by atoms with Gasteiger partial charge in [0.1, 0.15) is 0 Å². The summed E-state index contributed by atoms with van der Waals surface area (Å²) in [5.74, 6) is 0.171. The van der Waals surface area contributed by atoms with E-state index in [4.69, 9.17) is 0 Å². The molecule has 110 valence electrons. The minimum atomic E-state index is -0.220. The van der Waals surface area contributed by atoms with E-state index in [1.165, 1.54) is 0 Å². The maximum absolute atomic E-state index is 12.0. The van der Waals surface area contributed by atoms with Crippen LogP contribution in [0.15, 0.2) is 0 Å². The first-order valence-corrected chi connectivity index (χ1v) is 7.55. The molecular weight excluding hydrogens is 242 g/mol. The first kappa shape index (κ1) is 14.8. The molecule has 0 bridgehead atoms. The highest BCUT2D eigenvalue weighted by Crippen LogP contribution is 2.19. The molecule has 2 aliphatic rings. The average Bonchev–Trinajstić information content (AvgIpc) is 3.22. The van der Waals surface area contributed by atoms with Gasteiger partial charge in [0, 0.05) is 38.8 Å². The van der Waals surface area contributed by atoms with Crippen LogP contribution in [-0.2, 0) is 4.79 Å². The van der Waals surface area contributed by atoms with Crippen LogP contribution in [0.2, 0.25) is 0 Å². The van der Waals surface area contributed by atoms with E-state index >= 15 is 0 Å². The lowest BCUT2D eigenvalue weighted by Crippen LogP contribution is -2.54. The SMILES string of the molecule is CCC(O)CN1CCN(C(C)C(=O)NC2CC2)CC1. The highest BCUT2D eigenvalue weighted by Gasteiger charge is 2.30. The fourth-order valence-corrected chi connectivity index (χ4v) is 2.48. The van der Waals surface area contributed by atoms with Gasteiger partial charge in [-0.05, 0) is 26.2 Å². The van der Waals surface area contributed by atoms with Crippen LogP contribution in [0.4, 0.5) is 0 Å². The Morgan fingerprint density at radius 2 is 1.95 bits per heavy atom. The van der Waals surface area contributed by atoms with Gasteiger partial charge in [-0.1, -0.05) is 6.92 Å². The van der Waals surface area contributed by atoms with Crippen LogP contribution in [-0.4, -0.2) is 71.7 Å². The van der Waals surface area contributed by atoms with Crippen LogP contribution in [0.5, 0.6) is 0 Å². The molecule has 0 aromatic heterocycles. The molecule has 0 radical (unpaired) electrons. The van der Waals surface area contributed by atoms with E-state index in [2.05, 4.69) is 15.1 Å². The molecule has 0 aromatic rings. The summed E-state index contributed by atoms with van der Waals surface area (Å²) in [6, 6.07) is 0.412. The molecule has 0 spiro atoms. The van der Waals surface area contributed by atoms with Gasteiger partial charge in [-0.15, -0.1) is 0 Å². The number of amides is 1. The fourth-order valence-electron chi connectivity index (χ4n) is 2.48. The predicted molar refractivity (Wildman–Crippen MR) is 74.9 cm³/mol. The number of nitrogens with one attached hydrogen (secondary N) is 1. The van der Waals surface area contributed by atoms with Crippen molar-refractivity contribution in [3.05, 3.63) is 0 Å². The van der Waals surface area contributed by atoms with E-state index < -0.39 is 0 Å². The topological polar surface area (TPSA) is 55.8 Å². The normalized spacial score (nSPS) is 25.0. The third-order valence-corrected chi connectivity index (χ3v) is 4.20. The van der Waals surface area contributed by atoms with E-state index in [1.807, 2.05) is 13.8 Å². The second-order valence-corrected chi connectivity index (χ2v) is 5.86. The van der Waals surface area contributed by atoms with Crippen LogP contribution in [0.3, 0.4) is 0 Å². The molecule has 2 atom stereocenters. The van der Waals surface area contributed by atoms with Gasteiger partial charge in [0.2, 0.25) is 5.91 Å². The van der Waals surface area contributed by atoms with Gasteiger partial charge in [0.25, 0.3) is 0 Å². The third-order valence-electron chi connectivity index (χ3n) is 4.20. The first-order valence-electron chi connectivity index (χ1n) is 7.55.